The van der Waals surface area contributed by atoms with Crippen LogP contribution in [-0.4, -0.2) is 17.4 Å². The van der Waals surface area contributed by atoms with E-state index in [-0.39, 0.29) is 6.42 Å². The summed E-state index contributed by atoms with van der Waals surface area (Å²) in [6.45, 7) is 1.92. The Bertz CT molecular complexity index is 356. The fourth-order valence-corrected chi connectivity index (χ4v) is 1.31. The molecule has 0 heterocycles. The normalized spacial score (nSPS) is 9.79. The van der Waals surface area contributed by atoms with Crippen molar-refractivity contribution in [1.29, 1.82) is 0 Å². The van der Waals surface area contributed by atoms with Crippen LogP contribution >= 0.6 is 0 Å². The van der Waals surface area contributed by atoms with E-state index in [2.05, 4.69) is 0 Å². The maximum Gasteiger partial charge on any atom is 0.303 e. The molecule has 0 atom stereocenters. The molecule has 14 heavy (non-hydrogen) atoms. The number of carboxylic acid groups (broad SMARTS) is 1. The van der Waals surface area contributed by atoms with E-state index in [4.69, 9.17) is 5.11 Å². The number of carboxylic acids is 1. The lowest BCUT2D eigenvalue weighted by Gasteiger charge is -2.03. The topological polar surface area (TPSA) is 54.4 Å². The Morgan fingerprint density at radius 3 is 2.79 bits per heavy atom. The lowest BCUT2D eigenvalue weighted by atomic mass is 10.0. The summed E-state index contributed by atoms with van der Waals surface area (Å²) in [7, 11) is 0. The molecular formula is C11H12O3. The molecule has 0 saturated carbocycles. The monoisotopic (exact) mass is 192 g/mol. The molecule has 74 valence electrons. The Morgan fingerprint density at radius 1 is 1.50 bits per heavy atom. The van der Waals surface area contributed by atoms with E-state index in [1.54, 1.807) is 6.07 Å². The van der Waals surface area contributed by atoms with Gasteiger partial charge in [0.15, 0.2) is 0 Å². The molecule has 0 unspecified atom stereocenters. The van der Waals surface area contributed by atoms with Crippen LogP contribution in [0.15, 0.2) is 18.2 Å². The number of aldehydes is 1. The third-order valence-electron chi connectivity index (χ3n) is 2.03. The van der Waals surface area contributed by atoms with E-state index in [1.807, 2.05) is 19.1 Å². The van der Waals surface area contributed by atoms with Crippen LogP contribution in [0, 0.1) is 6.92 Å². The average molecular weight is 192 g/mol. The van der Waals surface area contributed by atoms with Crippen molar-refractivity contribution in [2.75, 3.05) is 0 Å². The van der Waals surface area contributed by atoms with Crippen LogP contribution in [0.4, 0.5) is 0 Å². The lowest BCUT2D eigenvalue weighted by Crippen LogP contribution is -2.00. The van der Waals surface area contributed by atoms with Gasteiger partial charge in [0.1, 0.15) is 6.29 Å². The number of aliphatic carboxylic acids is 1. The number of aryl methyl sites for hydroxylation is 2. The second kappa shape index (κ2) is 4.56. The van der Waals surface area contributed by atoms with Crippen molar-refractivity contribution >= 4 is 12.3 Å². The van der Waals surface area contributed by atoms with Gasteiger partial charge in [-0.25, -0.2) is 0 Å². The fraction of sp³-hybridized carbons (Fsp3) is 0.273. The summed E-state index contributed by atoms with van der Waals surface area (Å²) in [5.41, 5.74) is 2.43. The second-order valence-electron chi connectivity index (χ2n) is 3.21. The second-order valence-corrected chi connectivity index (χ2v) is 3.21. The molecular weight excluding hydrogens is 180 g/mol. The number of hydrogen-bond donors (Lipinski definition) is 1. The molecule has 0 aliphatic heterocycles. The van der Waals surface area contributed by atoms with Gasteiger partial charge in [0, 0.05) is 12.0 Å². The third-order valence-corrected chi connectivity index (χ3v) is 2.03. The summed E-state index contributed by atoms with van der Waals surface area (Å²) in [5.74, 6) is -0.844. The van der Waals surface area contributed by atoms with E-state index in [1.165, 1.54) is 0 Å². The summed E-state index contributed by atoms with van der Waals surface area (Å²) in [6.07, 6.45) is 1.23. The van der Waals surface area contributed by atoms with Gasteiger partial charge in [0.05, 0.1) is 0 Å². The lowest BCUT2D eigenvalue weighted by molar-refractivity contribution is -0.136. The van der Waals surface area contributed by atoms with Crippen LogP contribution in [0.5, 0.6) is 0 Å². The summed E-state index contributed by atoms with van der Waals surface area (Å²) < 4.78 is 0. The Morgan fingerprint density at radius 2 is 2.21 bits per heavy atom. The number of hydrogen-bond acceptors (Lipinski definition) is 2. The minimum absolute atomic E-state index is 0.0598. The maximum absolute atomic E-state index is 10.6. The summed E-state index contributed by atoms with van der Waals surface area (Å²) in [6, 6.07) is 5.42. The van der Waals surface area contributed by atoms with Gasteiger partial charge >= 0.3 is 5.97 Å². The van der Waals surface area contributed by atoms with Gasteiger partial charge in [-0.3, -0.25) is 9.59 Å². The molecule has 0 aromatic heterocycles. The predicted molar refractivity (Wildman–Crippen MR) is 52.5 cm³/mol. The van der Waals surface area contributed by atoms with E-state index in [9.17, 15) is 9.59 Å². The van der Waals surface area contributed by atoms with E-state index in [0.29, 0.717) is 12.0 Å². The molecule has 0 aliphatic rings. The van der Waals surface area contributed by atoms with Crippen LogP contribution < -0.4 is 0 Å². The smallest absolute Gasteiger partial charge is 0.303 e. The van der Waals surface area contributed by atoms with Crippen LogP contribution in [0.2, 0.25) is 0 Å². The van der Waals surface area contributed by atoms with Gasteiger partial charge in [0.2, 0.25) is 0 Å². The highest BCUT2D eigenvalue weighted by Gasteiger charge is 2.04. The molecule has 0 saturated heterocycles. The van der Waals surface area contributed by atoms with E-state index >= 15 is 0 Å². The highest BCUT2D eigenvalue weighted by Crippen LogP contribution is 2.11. The number of benzene rings is 1. The SMILES string of the molecule is Cc1ccc(C=O)c(CCC(=O)O)c1. The molecule has 3 nitrogen and oxygen atoms in total. The Labute approximate surface area is 82.4 Å². The molecule has 0 radical (unpaired) electrons. The molecule has 3 heteroatoms. The summed E-state index contributed by atoms with van der Waals surface area (Å²) in [4.78, 5) is 21.0. The molecule has 0 spiro atoms. The predicted octanol–water partition coefficient (Wildman–Crippen LogP) is 1.82. The average Bonchev–Trinajstić information content (AvgIpc) is 2.15. The number of carbonyl (C=O) groups is 2. The van der Waals surface area contributed by atoms with Crippen LogP contribution in [0.1, 0.15) is 27.9 Å². The Hall–Kier alpha value is -1.64. The molecule has 0 amide bonds. The highest BCUT2D eigenvalue weighted by atomic mass is 16.4. The van der Waals surface area contributed by atoms with Crippen LogP contribution in [-0.2, 0) is 11.2 Å². The Balaban J connectivity index is 2.87. The zero-order valence-electron chi connectivity index (χ0n) is 7.99. The van der Waals surface area contributed by atoms with Crippen molar-refractivity contribution in [1.82, 2.24) is 0 Å². The number of carbonyl (C=O) groups excluding carboxylic acids is 1. The summed E-state index contributed by atoms with van der Waals surface area (Å²) >= 11 is 0. The first-order chi connectivity index (χ1) is 6.63. The largest absolute Gasteiger partial charge is 0.481 e. The standard InChI is InChI=1S/C11H12O3/c1-8-2-3-10(7-12)9(6-8)4-5-11(13)14/h2-3,6-7H,4-5H2,1H3,(H,13,14). The molecule has 0 aliphatic carbocycles. The van der Waals surface area contributed by atoms with Crippen molar-refractivity contribution in [2.45, 2.75) is 19.8 Å². The highest BCUT2D eigenvalue weighted by molar-refractivity contribution is 5.78. The van der Waals surface area contributed by atoms with Crippen molar-refractivity contribution < 1.29 is 14.7 Å². The molecule has 0 bridgehead atoms. The first kappa shape index (κ1) is 10.4. The van der Waals surface area contributed by atoms with Crippen LogP contribution in [0.3, 0.4) is 0 Å². The van der Waals surface area contributed by atoms with Gasteiger partial charge in [-0.1, -0.05) is 23.8 Å². The van der Waals surface area contributed by atoms with Crippen LogP contribution in [0.25, 0.3) is 0 Å². The molecule has 1 N–H and O–H groups in total. The zero-order valence-corrected chi connectivity index (χ0v) is 7.99. The van der Waals surface area contributed by atoms with Crippen molar-refractivity contribution in [3.63, 3.8) is 0 Å². The van der Waals surface area contributed by atoms with Gasteiger partial charge in [-0.05, 0) is 18.9 Å². The minimum Gasteiger partial charge on any atom is -0.481 e. The first-order valence-corrected chi connectivity index (χ1v) is 4.40. The first-order valence-electron chi connectivity index (χ1n) is 4.40. The molecule has 1 aromatic carbocycles. The van der Waals surface area contributed by atoms with E-state index in [0.717, 1.165) is 17.4 Å². The molecule has 1 aromatic rings. The quantitative estimate of drug-likeness (QED) is 0.740. The fourth-order valence-electron chi connectivity index (χ4n) is 1.31. The van der Waals surface area contributed by atoms with Crippen molar-refractivity contribution in [2.24, 2.45) is 0 Å². The van der Waals surface area contributed by atoms with Gasteiger partial charge in [-0.2, -0.15) is 0 Å². The zero-order chi connectivity index (χ0) is 10.6. The minimum atomic E-state index is -0.844. The van der Waals surface area contributed by atoms with Gasteiger partial charge < -0.3 is 5.11 Å². The summed E-state index contributed by atoms with van der Waals surface area (Å²) in [5, 5.41) is 8.52. The molecule has 1 rings (SSSR count). The van der Waals surface area contributed by atoms with Gasteiger partial charge in [-0.15, -0.1) is 0 Å². The third kappa shape index (κ3) is 2.69. The van der Waals surface area contributed by atoms with E-state index < -0.39 is 5.97 Å². The number of rotatable bonds is 4. The Kier molecular flexibility index (Phi) is 3.40. The van der Waals surface area contributed by atoms with Gasteiger partial charge in [0.25, 0.3) is 0 Å². The van der Waals surface area contributed by atoms with Crippen molar-refractivity contribution in [3.05, 3.63) is 34.9 Å². The van der Waals surface area contributed by atoms with Crippen molar-refractivity contribution in [3.8, 4) is 0 Å². The maximum atomic E-state index is 10.6. The molecule has 0 fully saturated rings.